The summed E-state index contributed by atoms with van der Waals surface area (Å²) < 4.78 is 28.6. The van der Waals surface area contributed by atoms with Crippen molar-refractivity contribution in [2.24, 2.45) is 0 Å². The number of anilines is 1. The van der Waals surface area contributed by atoms with Crippen LogP contribution in [0.4, 0.5) is 11.4 Å². The monoisotopic (exact) mass is 350 g/mol. The maximum Gasteiger partial charge on any atom is 0.293 e. The van der Waals surface area contributed by atoms with Gasteiger partial charge in [0.1, 0.15) is 18.0 Å². The standard InChI is InChI=1S/C16H18N2O5S/c1-12-5-3-4-6-16(12)23-10-9-17-14-8-7-13(24(2,21)22)11-15(14)18(19)20/h3-8,11,17H,9-10H2,1-2H3. The zero-order valence-electron chi connectivity index (χ0n) is 13.4. The quantitative estimate of drug-likeness (QED) is 0.468. The highest BCUT2D eigenvalue weighted by Gasteiger charge is 2.18. The summed E-state index contributed by atoms with van der Waals surface area (Å²) in [6.07, 6.45) is 1.01. The van der Waals surface area contributed by atoms with E-state index in [1.807, 2.05) is 31.2 Å². The number of sulfone groups is 1. The fourth-order valence-electron chi connectivity index (χ4n) is 2.11. The number of para-hydroxylation sites is 1. The van der Waals surface area contributed by atoms with Crippen molar-refractivity contribution in [2.45, 2.75) is 11.8 Å². The Kier molecular flexibility index (Phi) is 5.40. The molecule has 0 fully saturated rings. The average molecular weight is 350 g/mol. The molecule has 0 saturated heterocycles. The molecule has 0 spiro atoms. The predicted molar refractivity (Wildman–Crippen MR) is 91.4 cm³/mol. The van der Waals surface area contributed by atoms with E-state index in [1.54, 1.807) is 0 Å². The third kappa shape index (κ3) is 4.45. The molecule has 0 radical (unpaired) electrons. The smallest absolute Gasteiger partial charge is 0.293 e. The van der Waals surface area contributed by atoms with Crippen LogP contribution in [0.3, 0.4) is 0 Å². The Balaban J connectivity index is 2.04. The first-order chi connectivity index (χ1) is 11.3. The van der Waals surface area contributed by atoms with Crippen LogP contribution in [0, 0.1) is 17.0 Å². The molecule has 0 heterocycles. The second-order valence-electron chi connectivity index (χ2n) is 5.25. The number of nitro groups is 1. The van der Waals surface area contributed by atoms with E-state index in [0.29, 0.717) is 13.2 Å². The molecule has 0 aliphatic heterocycles. The molecule has 2 aromatic rings. The lowest BCUT2D eigenvalue weighted by atomic mass is 10.2. The van der Waals surface area contributed by atoms with Crippen LogP contribution in [0.5, 0.6) is 5.75 Å². The van der Waals surface area contributed by atoms with Crippen LogP contribution in [0.1, 0.15) is 5.56 Å². The minimum Gasteiger partial charge on any atom is -0.491 e. The second kappa shape index (κ2) is 7.31. The molecule has 0 atom stereocenters. The number of ether oxygens (including phenoxy) is 1. The first-order valence-electron chi connectivity index (χ1n) is 7.20. The van der Waals surface area contributed by atoms with Gasteiger partial charge >= 0.3 is 0 Å². The molecule has 128 valence electrons. The lowest BCUT2D eigenvalue weighted by Gasteiger charge is -2.11. The lowest BCUT2D eigenvalue weighted by Crippen LogP contribution is -2.13. The molecule has 2 aromatic carbocycles. The van der Waals surface area contributed by atoms with Crippen molar-refractivity contribution in [3.63, 3.8) is 0 Å². The van der Waals surface area contributed by atoms with E-state index in [2.05, 4.69) is 5.32 Å². The summed E-state index contributed by atoms with van der Waals surface area (Å²) in [4.78, 5) is 10.4. The summed E-state index contributed by atoms with van der Waals surface area (Å²) >= 11 is 0. The highest BCUT2D eigenvalue weighted by atomic mass is 32.2. The summed E-state index contributed by atoms with van der Waals surface area (Å²) in [7, 11) is -3.50. The first kappa shape index (κ1) is 17.7. The van der Waals surface area contributed by atoms with Crippen molar-refractivity contribution in [1.82, 2.24) is 0 Å². The Hall–Kier alpha value is -2.61. The third-order valence-electron chi connectivity index (χ3n) is 3.36. The van der Waals surface area contributed by atoms with Crippen LogP contribution in [-0.4, -0.2) is 32.7 Å². The van der Waals surface area contributed by atoms with Crippen molar-refractivity contribution < 1.29 is 18.1 Å². The predicted octanol–water partition coefficient (Wildman–Crippen LogP) is 2.80. The maximum atomic E-state index is 11.5. The second-order valence-corrected chi connectivity index (χ2v) is 7.26. The number of nitrogens with one attached hydrogen (secondary N) is 1. The van der Waals surface area contributed by atoms with E-state index in [1.165, 1.54) is 12.1 Å². The molecular weight excluding hydrogens is 332 g/mol. The van der Waals surface area contributed by atoms with Crippen LogP contribution in [0.15, 0.2) is 47.4 Å². The Morgan fingerprint density at radius 1 is 1.21 bits per heavy atom. The van der Waals surface area contributed by atoms with Crippen molar-refractivity contribution in [3.8, 4) is 5.75 Å². The van der Waals surface area contributed by atoms with Gasteiger partial charge in [-0.05, 0) is 30.7 Å². The number of nitro benzene ring substituents is 1. The first-order valence-corrected chi connectivity index (χ1v) is 9.09. The van der Waals surface area contributed by atoms with Crippen LogP contribution in [-0.2, 0) is 9.84 Å². The number of aryl methyl sites for hydroxylation is 1. The number of rotatable bonds is 7. The molecule has 0 aliphatic carbocycles. The van der Waals surface area contributed by atoms with Crippen molar-refractivity contribution in [1.29, 1.82) is 0 Å². The Morgan fingerprint density at radius 3 is 2.54 bits per heavy atom. The molecule has 8 heteroatoms. The highest BCUT2D eigenvalue weighted by molar-refractivity contribution is 7.90. The Bertz CT molecular complexity index is 849. The lowest BCUT2D eigenvalue weighted by molar-refractivity contribution is -0.384. The molecule has 7 nitrogen and oxygen atoms in total. The third-order valence-corrected chi connectivity index (χ3v) is 4.47. The Labute approximate surface area is 140 Å². The van der Waals surface area contributed by atoms with Gasteiger partial charge in [-0.1, -0.05) is 18.2 Å². The zero-order valence-corrected chi connectivity index (χ0v) is 14.2. The maximum absolute atomic E-state index is 11.5. The van der Waals surface area contributed by atoms with Gasteiger partial charge in [-0.25, -0.2) is 8.42 Å². The minimum absolute atomic E-state index is 0.0871. The summed E-state index contributed by atoms with van der Waals surface area (Å²) in [5.74, 6) is 0.751. The van der Waals surface area contributed by atoms with Gasteiger partial charge in [0.05, 0.1) is 9.82 Å². The topological polar surface area (TPSA) is 98.5 Å². The minimum atomic E-state index is -3.50. The molecule has 1 N–H and O–H groups in total. The number of nitrogens with zero attached hydrogens (tertiary/aromatic N) is 1. The molecule has 0 aliphatic rings. The van der Waals surface area contributed by atoms with E-state index in [-0.39, 0.29) is 16.3 Å². The van der Waals surface area contributed by atoms with E-state index in [0.717, 1.165) is 23.6 Å². The number of benzene rings is 2. The molecule has 0 unspecified atom stereocenters. The molecule has 0 bridgehead atoms. The largest absolute Gasteiger partial charge is 0.491 e. The molecular formula is C16H18N2O5S. The van der Waals surface area contributed by atoms with Crippen LogP contribution in [0.25, 0.3) is 0 Å². The average Bonchev–Trinajstić information content (AvgIpc) is 2.52. The van der Waals surface area contributed by atoms with Gasteiger partial charge < -0.3 is 10.1 Å². The van der Waals surface area contributed by atoms with Gasteiger partial charge in [0.25, 0.3) is 5.69 Å². The van der Waals surface area contributed by atoms with E-state index in [4.69, 9.17) is 4.74 Å². The highest BCUT2D eigenvalue weighted by Crippen LogP contribution is 2.27. The Morgan fingerprint density at radius 2 is 1.92 bits per heavy atom. The molecule has 0 aromatic heterocycles. The summed E-state index contributed by atoms with van der Waals surface area (Å²) in [6.45, 7) is 2.58. The van der Waals surface area contributed by atoms with Crippen molar-refractivity contribution in [3.05, 3.63) is 58.1 Å². The van der Waals surface area contributed by atoms with E-state index >= 15 is 0 Å². The van der Waals surface area contributed by atoms with E-state index < -0.39 is 14.8 Å². The molecule has 0 saturated carbocycles. The summed E-state index contributed by atoms with van der Waals surface area (Å²) in [6, 6.07) is 11.3. The normalized spacial score (nSPS) is 11.1. The van der Waals surface area contributed by atoms with Crippen LogP contribution >= 0.6 is 0 Å². The van der Waals surface area contributed by atoms with Gasteiger partial charge in [-0.3, -0.25) is 10.1 Å². The van der Waals surface area contributed by atoms with Gasteiger partial charge in [0.2, 0.25) is 0 Å². The summed E-state index contributed by atoms with van der Waals surface area (Å²) in [5, 5.41) is 14.0. The van der Waals surface area contributed by atoms with Gasteiger partial charge in [0, 0.05) is 18.9 Å². The molecule has 0 amide bonds. The van der Waals surface area contributed by atoms with Gasteiger partial charge in [-0.15, -0.1) is 0 Å². The van der Waals surface area contributed by atoms with Gasteiger partial charge in [0.15, 0.2) is 9.84 Å². The van der Waals surface area contributed by atoms with E-state index in [9.17, 15) is 18.5 Å². The number of hydrogen-bond acceptors (Lipinski definition) is 6. The van der Waals surface area contributed by atoms with Gasteiger partial charge in [-0.2, -0.15) is 0 Å². The van der Waals surface area contributed by atoms with Crippen molar-refractivity contribution in [2.75, 3.05) is 24.7 Å². The van der Waals surface area contributed by atoms with Crippen molar-refractivity contribution >= 4 is 21.2 Å². The fourth-order valence-corrected chi connectivity index (χ4v) is 2.75. The number of hydrogen-bond donors (Lipinski definition) is 1. The molecule has 24 heavy (non-hydrogen) atoms. The SMILES string of the molecule is Cc1ccccc1OCCNc1ccc(S(C)(=O)=O)cc1[N+](=O)[O-]. The fraction of sp³-hybridized carbons (Fsp3) is 0.250. The van der Waals surface area contributed by atoms with Crippen LogP contribution in [0.2, 0.25) is 0 Å². The molecule has 2 rings (SSSR count). The van der Waals surface area contributed by atoms with Crippen LogP contribution < -0.4 is 10.1 Å². The summed E-state index contributed by atoms with van der Waals surface area (Å²) in [5.41, 5.74) is 0.968. The zero-order chi connectivity index (χ0) is 17.7.